The highest BCUT2D eigenvalue weighted by Crippen LogP contribution is 2.60. The Hall–Kier alpha value is -0.683. The minimum absolute atomic E-state index is 0.00910. The summed E-state index contributed by atoms with van der Waals surface area (Å²) in [5.41, 5.74) is 3.79. The number of hydrogen-bond acceptors (Lipinski definition) is 3. The molecule has 0 aliphatic heterocycles. The van der Waals surface area contributed by atoms with Crippen LogP contribution in [-0.4, -0.2) is 36.3 Å². The molecule has 3 fully saturated rings. The van der Waals surface area contributed by atoms with Crippen molar-refractivity contribution in [3.8, 4) is 0 Å². The van der Waals surface area contributed by atoms with Crippen LogP contribution in [0.15, 0.2) is 35.5 Å². The normalized spacial score (nSPS) is 36.2. The van der Waals surface area contributed by atoms with Crippen LogP contribution in [0.25, 0.3) is 0 Å². The molecule has 194 valence electrons. The monoisotopic (exact) mass is 488 g/mol. The van der Waals surface area contributed by atoms with Crippen LogP contribution >= 0.6 is 0 Å². The first-order chi connectivity index (χ1) is 15.7. The van der Waals surface area contributed by atoms with Gasteiger partial charge in [-0.2, -0.15) is 0 Å². The molecular formula is C30H52O3Si. The first kappa shape index (κ1) is 27.9. The van der Waals surface area contributed by atoms with Crippen LogP contribution in [0.2, 0.25) is 19.6 Å². The summed E-state index contributed by atoms with van der Waals surface area (Å²) < 4.78 is 6.44. The lowest BCUT2D eigenvalue weighted by molar-refractivity contribution is 0.0734. The Labute approximate surface area is 210 Å². The highest BCUT2D eigenvalue weighted by molar-refractivity contribution is 6.69. The van der Waals surface area contributed by atoms with Crippen molar-refractivity contribution in [3.05, 3.63) is 35.5 Å². The van der Waals surface area contributed by atoms with Crippen molar-refractivity contribution in [2.45, 2.75) is 129 Å². The van der Waals surface area contributed by atoms with Crippen molar-refractivity contribution in [2.24, 2.45) is 23.2 Å². The molecule has 0 spiro atoms. The standard InChI is InChI=1S/C30H52O3Si/c1-21(11-9-17-29(3,4)33-34(6,7)8)26-15-16-27-23(12-10-18-30(26,27)5)13-14-24-19-25(31)20-28(32)22(24)2/h13-14,21,25-28,31-32H,2,9-12,15-20H2,1,3-8H3/b23-13+,24-14-/t21-,25-,26-,27+,28?,30-/m1/s1. The predicted octanol–water partition coefficient (Wildman–Crippen LogP) is 7.56. The zero-order valence-corrected chi connectivity index (χ0v) is 24.1. The maximum atomic E-state index is 10.2. The molecule has 0 aromatic heterocycles. The van der Waals surface area contributed by atoms with E-state index in [1.807, 2.05) is 0 Å². The summed E-state index contributed by atoms with van der Waals surface area (Å²) in [6.07, 6.45) is 14.6. The van der Waals surface area contributed by atoms with E-state index in [0.717, 1.165) is 29.4 Å². The predicted molar refractivity (Wildman–Crippen MR) is 146 cm³/mol. The summed E-state index contributed by atoms with van der Waals surface area (Å²) in [5.74, 6) is 2.21. The quantitative estimate of drug-likeness (QED) is 0.346. The van der Waals surface area contributed by atoms with Gasteiger partial charge in [-0.05, 0) is 113 Å². The van der Waals surface area contributed by atoms with Gasteiger partial charge >= 0.3 is 0 Å². The number of allylic oxidation sites excluding steroid dienone is 3. The molecular weight excluding hydrogens is 436 g/mol. The maximum Gasteiger partial charge on any atom is 0.184 e. The molecule has 0 amide bonds. The Bertz CT molecular complexity index is 789. The number of aliphatic hydroxyl groups is 2. The highest BCUT2D eigenvalue weighted by Gasteiger charge is 2.50. The Morgan fingerprint density at radius 1 is 1.21 bits per heavy atom. The summed E-state index contributed by atoms with van der Waals surface area (Å²) in [6.45, 7) is 20.6. The average molecular weight is 489 g/mol. The van der Waals surface area contributed by atoms with Gasteiger partial charge in [-0.25, -0.2) is 0 Å². The third kappa shape index (κ3) is 6.75. The van der Waals surface area contributed by atoms with Crippen LogP contribution in [0.1, 0.15) is 91.9 Å². The Kier molecular flexibility index (Phi) is 8.81. The molecule has 0 aromatic rings. The molecule has 2 N–H and O–H groups in total. The molecule has 3 nitrogen and oxygen atoms in total. The summed E-state index contributed by atoms with van der Waals surface area (Å²) in [5, 5.41) is 20.3. The van der Waals surface area contributed by atoms with Gasteiger partial charge in [-0.1, -0.05) is 51.0 Å². The molecule has 34 heavy (non-hydrogen) atoms. The first-order valence-electron chi connectivity index (χ1n) is 13.9. The zero-order valence-electron chi connectivity index (χ0n) is 23.1. The second-order valence-electron chi connectivity index (χ2n) is 13.5. The molecule has 3 saturated carbocycles. The fraction of sp³-hybridized carbons (Fsp3) is 0.800. The van der Waals surface area contributed by atoms with E-state index in [0.29, 0.717) is 24.2 Å². The van der Waals surface area contributed by atoms with Crippen molar-refractivity contribution in [1.29, 1.82) is 0 Å². The second-order valence-corrected chi connectivity index (χ2v) is 17.9. The number of aliphatic hydroxyl groups excluding tert-OH is 2. The minimum Gasteiger partial charge on any atom is -0.413 e. The fourth-order valence-electron chi connectivity index (χ4n) is 7.61. The van der Waals surface area contributed by atoms with E-state index >= 15 is 0 Å². The van der Waals surface area contributed by atoms with Gasteiger partial charge in [0, 0.05) is 6.42 Å². The van der Waals surface area contributed by atoms with E-state index in [2.05, 4.69) is 66.1 Å². The number of hydrogen-bond donors (Lipinski definition) is 2. The van der Waals surface area contributed by atoms with Crippen LogP contribution in [0.4, 0.5) is 0 Å². The third-order valence-electron chi connectivity index (χ3n) is 9.01. The van der Waals surface area contributed by atoms with E-state index < -0.39 is 20.5 Å². The first-order valence-corrected chi connectivity index (χ1v) is 17.3. The largest absolute Gasteiger partial charge is 0.413 e. The Morgan fingerprint density at radius 3 is 2.59 bits per heavy atom. The highest BCUT2D eigenvalue weighted by atomic mass is 28.4. The van der Waals surface area contributed by atoms with Gasteiger partial charge in [0.2, 0.25) is 0 Å². The molecule has 6 atom stereocenters. The molecule has 0 aromatic carbocycles. The Balaban J connectivity index is 1.64. The maximum absolute atomic E-state index is 10.2. The van der Waals surface area contributed by atoms with Crippen LogP contribution < -0.4 is 0 Å². The van der Waals surface area contributed by atoms with Crippen molar-refractivity contribution in [1.82, 2.24) is 0 Å². The molecule has 4 heteroatoms. The molecule has 0 radical (unpaired) electrons. The summed E-state index contributed by atoms with van der Waals surface area (Å²) in [6, 6.07) is 0. The van der Waals surface area contributed by atoms with E-state index in [1.165, 1.54) is 44.9 Å². The zero-order chi connectivity index (χ0) is 25.3. The van der Waals surface area contributed by atoms with Crippen molar-refractivity contribution < 1.29 is 14.6 Å². The van der Waals surface area contributed by atoms with Gasteiger partial charge in [-0.15, -0.1) is 0 Å². The topological polar surface area (TPSA) is 49.7 Å². The van der Waals surface area contributed by atoms with Gasteiger partial charge in [-0.3, -0.25) is 0 Å². The van der Waals surface area contributed by atoms with Crippen molar-refractivity contribution in [3.63, 3.8) is 0 Å². The van der Waals surface area contributed by atoms with Gasteiger partial charge in [0.1, 0.15) is 0 Å². The summed E-state index contributed by atoms with van der Waals surface area (Å²) >= 11 is 0. The third-order valence-corrected chi connectivity index (χ3v) is 10.2. The summed E-state index contributed by atoms with van der Waals surface area (Å²) in [4.78, 5) is 0. The van der Waals surface area contributed by atoms with E-state index in [4.69, 9.17) is 4.43 Å². The van der Waals surface area contributed by atoms with Gasteiger partial charge < -0.3 is 14.6 Å². The Morgan fingerprint density at radius 2 is 1.91 bits per heavy atom. The van der Waals surface area contributed by atoms with Crippen molar-refractivity contribution in [2.75, 3.05) is 0 Å². The van der Waals surface area contributed by atoms with Gasteiger partial charge in [0.25, 0.3) is 0 Å². The lowest BCUT2D eigenvalue weighted by atomic mass is 9.60. The molecule has 3 rings (SSSR count). The van der Waals surface area contributed by atoms with Gasteiger partial charge in [0.15, 0.2) is 8.32 Å². The lowest BCUT2D eigenvalue weighted by Crippen LogP contribution is -2.38. The summed E-state index contributed by atoms with van der Waals surface area (Å²) in [7, 11) is -1.52. The van der Waals surface area contributed by atoms with E-state index in [9.17, 15) is 10.2 Å². The van der Waals surface area contributed by atoms with Crippen LogP contribution in [0.5, 0.6) is 0 Å². The molecule has 0 heterocycles. The SMILES string of the molecule is C=C1/C(=C\C=C2/CCC[C@]3(C)[C@@H]([C@H](C)CCCC(C)(C)O[Si](C)(C)C)CC[C@@H]23)C[C@@H](O)CC1O. The van der Waals surface area contributed by atoms with Crippen LogP contribution in [0.3, 0.4) is 0 Å². The molecule has 0 saturated heterocycles. The number of fused-ring (bicyclic) bond motifs is 1. The second kappa shape index (κ2) is 10.7. The minimum atomic E-state index is -1.52. The molecule has 3 aliphatic carbocycles. The molecule has 3 aliphatic rings. The molecule has 1 unspecified atom stereocenters. The van der Waals surface area contributed by atoms with Crippen LogP contribution in [-0.2, 0) is 4.43 Å². The van der Waals surface area contributed by atoms with E-state index in [-0.39, 0.29) is 5.60 Å². The van der Waals surface area contributed by atoms with Crippen molar-refractivity contribution >= 4 is 8.32 Å². The van der Waals surface area contributed by atoms with Crippen LogP contribution in [0, 0.1) is 23.2 Å². The van der Waals surface area contributed by atoms with E-state index in [1.54, 1.807) is 5.57 Å². The average Bonchev–Trinajstić information content (AvgIpc) is 3.05. The smallest absolute Gasteiger partial charge is 0.184 e. The number of rotatable bonds is 8. The lowest BCUT2D eigenvalue weighted by Gasteiger charge is -2.44. The van der Waals surface area contributed by atoms with Gasteiger partial charge in [0.05, 0.1) is 17.8 Å². The fourth-order valence-corrected chi connectivity index (χ4v) is 9.37. The molecule has 0 bridgehead atoms.